The van der Waals surface area contributed by atoms with E-state index in [2.05, 4.69) is 10.3 Å². The van der Waals surface area contributed by atoms with Gasteiger partial charge >= 0.3 is 6.09 Å². The molecule has 2 aromatic rings. The second kappa shape index (κ2) is 11.2. The summed E-state index contributed by atoms with van der Waals surface area (Å²) in [6.45, 7) is 7.25. The summed E-state index contributed by atoms with van der Waals surface area (Å²) < 4.78 is 36.3. The molecule has 0 bridgehead atoms. The van der Waals surface area contributed by atoms with Crippen molar-refractivity contribution in [3.63, 3.8) is 0 Å². The molecule has 2 aliphatic heterocycles. The number of thioether (sulfide) groups is 1. The fraction of sp³-hybridized carbons (Fsp3) is 0.423. The van der Waals surface area contributed by atoms with Crippen LogP contribution in [0.25, 0.3) is 0 Å². The number of ether oxygens (including phenoxy) is 2. The lowest BCUT2D eigenvalue weighted by molar-refractivity contribution is -0.117. The third-order valence-corrected chi connectivity index (χ3v) is 9.14. The first kappa shape index (κ1) is 28.3. The smallest absolute Gasteiger partial charge is 0.407 e. The number of rotatable bonds is 6. The number of hydrogen-bond acceptors (Lipinski definition) is 7. The van der Waals surface area contributed by atoms with Gasteiger partial charge < -0.3 is 19.7 Å². The van der Waals surface area contributed by atoms with Gasteiger partial charge in [0.2, 0.25) is 5.91 Å². The first-order valence-electron chi connectivity index (χ1n) is 12.1. The average Bonchev–Trinajstić information content (AvgIpc) is 3.24. The number of carbonyl (C=O) groups is 2. The molecule has 0 aliphatic carbocycles. The molecule has 4 rings (SSSR count). The normalized spacial score (nSPS) is 21.3. The third-order valence-electron chi connectivity index (χ3n) is 5.69. The topological polar surface area (TPSA) is 114 Å². The van der Waals surface area contributed by atoms with Crippen molar-refractivity contribution in [3.8, 4) is 11.5 Å². The number of amides is 2. The van der Waals surface area contributed by atoms with Gasteiger partial charge in [0.05, 0.1) is 23.2 Å². The van der Waals surface area contributed by atoms with Crippen LogP contribution in [0.5, 0.6) is 11.5 Å². The molecule has 1 N–H and O–H groups in total. The van der Waals surface area contributed by atoms with Gasteiger partial charge in [0.25, 0.3) is 0 Å². The predicted octanol–water partition coefficient (Wildman–Crippen LogP) is 4.96. The molecule has 2 aliphatic rings. The highest BCUT2D eigenvalue weighted by Crippen LogP contribution is 2.45. The summed E-state index contributed by atoms with van der Waals surface area (Å²) in [5.74, 6) is 0.519. The molecule has 0 saturated carbocycles. The molecule has 2 aromatic carbocycles. The zero-order valence-electron chi connectivity index (χ0n) is 21.6. The number of amidine groups is 1. The average molecular weight is 580 g/mol. The highest BCUT2D eigenvalue weighted by Gasteiger charge is 2.50. The number of hydrogen-bond donors (Lipinski definition) is 1. The summed E-state index contributed by atoms with van der Waals surface area (Å²) >= 11 is 7.60. The van der Waals surface area contributed by atoms with Crippen LogP contribution in [0.1, 0.15) is 32.8 Å². The van der Waals surface area contributed by atoms with E-state index in [0.717, 1.165) is 5.56 Å². The van der Waals surface area contributed by atoms with Crippen LogP contribution in [0.3, 0.4) is 0 Å². The van der Waals surface area contributed by atoms with E-state index in [1.54, 1.807) is 43.9 Å². The van der Waals surface area contributed by atoms with Crippen LogP contribution in [0.4, 0.5) is 10.5 Å². The van der Waals surface area contributed by atoms with Crippen molar-refractivity contribution in [1.29, 1.82) is 0 Å². The number of aryl methyl sites for hydroxylation is 1. The molecule has 0 unspecified atom stereocenters. The molecule has 9 nitrogen and oxygen atoms in total. The molecule has 2 amide bonds. The Morgan fingerprint density at radius 2 is 1.95 bits per heavy atom. The fourth-order valence-electron chi connectivity index (χ4n) is 4.17. The number of alkyl carbamates (subject to hydrolysis) is 1. The van der Waals surface area contributed by atoms with Gasteiger partial charge in [-0.05, 0) is 63.6 Å². The van der Waals surface area contributed by atoms with Crippen molar-refractivity contribution < 1.29 is 27.5 Å². The van der Waals surface area contributed by atoms with Crippen molar-refractivity contribution in [2.75, 3.05) is 23.0 Å². The number of sulfone groups is 1. The molecule has 2 saturated heterocycles. The number of fused-ring (bicyclic) bond motifs is 1. The van der Waals surface area contributed by atoms with E-state index in [1.165, 1.54) is 11.8 Å². The molecule has 12 heteroatoms. The van der Waals surface area contributed by atoms with Gasteiger partial charge in [-0.15, -0.1) is 0 Å². The lowest BCUT2D eigenvalue weighted by Gasteiger charge is -2.27. The maximum atomic E-state index is 12.8. The van der Waals surface area contributed by atoms with Crippen molar-refractivity contribution in [2.45, 2.75) is 51.0 Å². The Morgan fingerprint density at radius 3 is 2.66 bits per heavy atom. The Bertz CT molecular complexity index is 1370. The first-order valence-corrected chi connectivity index (χ1v) is 15.2. The van der Waals surface area contributed by atoms with Gasteiger partial charge in [0.15, 0.2) is 20.8 Å². The predicted molar refractivity (Wildman–Crippen MR) is 150 cm³/mol. The molecular formula is C26H30ClN3O6S2. The maximum absolute atomic E-state index is 12.8. The van der Waals surface area contributed by atoms with Crippen LogP contribution in [-0.4, -0.2) is 60.5 Å². The summed E-state index contributed by atoms with van der Waals surface area (Å²) in [7, 11) is -3.26. The van der Waals surface area contributed by atoms with Gasteiger partial charge in [0.1, 0.15) is 11.4 Å². The number of nitrogens with one attached hydrogen (secondary N) is 1. The van der Waals surface area contributed by atoms with Gasteiger partial charge in [-0.1, -0.05) is 35.5 Å². The Balaban J connectivity index is 1.60. The Hall–Kier alpha value is -2.76. The number of carbonyl (C=O) groups excluding carboxylic acids is 2. The molecule has 204 valence electrons. The van der Waals surface area contributed by atoms with E-state index >= 15 is 0 Å². The number of anilines is 1. The SMILES string of the molecule is Cc1cccc(Oc2ccc(Cl)cc2N2C(=NC(=O)CCNC(=O)OC(C)(C)C)S[C@@H]3CS(=O)(=O)C[C@H]32)c1. The summed E-state index contributed by atoms with van der Waals surface area (Å²) in [6.07, 6.45) is -0.668. The van der Waals surface area contributed by atoms with Crippen LogP contribution in [0.2, 0.25) is 5.02 Å². The summed E-state index contributed by atoms with van der Waals surface area (Å²) in [6, 6.07) is 12.2. The van der Waals surface area contributed by atoms with E-state index in [9.17, 15) is 18.0 Å². The highest BCUT2D eigenvalue weighted by molar-refractivity contribution is 8.16. The van der Waals surface area contributed by atoms with Gasteiger partial charge in [-0.3, -0.25) is 4.79 Å². The second-order valence-electron chi connectivity index (χ2n) is 10.2. The summed E-state index contributed by atoms with van der Waals surface area (Å²) in [5, 5.41) is 3.05. The van der Waals surface area contributed by atoms with E-state index < -0.39 is 33.5 Å². The van der Waals surface area contributed by atoms with Crippen LogP contribution < -0.4 is 15.0 Å². The number of aliphatic imine (C=N–C) groups is 1. The largest absolute Gasteiger partial charge is 0.455 e. The Kier molecular flexibility index (Phi) is 8.29. The lowest BCUT2D eigenvalue weighted by Crippen LogP contribution is -2.38. The molecule has 2 atom stereocenters. The van der Waals surface area contributed by atoms with E-state index in [1.807, 2.05) is 31.2 Å². The number of nitrogens with zero attached hydrogens (tertiary/aromatic N) is 2. The Labute approximate surface area is 231 Å². The number of benzene rings is 2. The van der Waals surface area contributed by atoms with Crippen LogP contribution in [-0.2, 0) is 19.4 Å². The standard InChI is InChI=1S/C26H30ClN3O6S2/c1-16-6-5-7-18(12-16)35-21-9-8-17(27)13-19(21)30-20-14-38(33,34)15-22(20)37-24(30)29-23(31)10-11-28-25(32)36-26(2,3)4/h5-9,12-13,20,22H,10-11,14-15H2,1-4H3,(H,28,32)/t20-,22-/m1/s1. The highest BCUT2D eigenvalue weighted by atomic mass is 35.5. The monoisotopic (exact) mass is 579 g/mol. The van der Waals surface area contributed by atoms with Crippen LogP contribution >= 0.6 is 23.4 Å². The lowest BCUT2D eigenvalue weighted by atomic mass is 10.2. The van der Waals surface area contributed by atoms with Gasteiger partial charge in [-0.25, -0.2) is 13.2 Å². The minimum Gasteiger partial charge on any atom is -0.455 e. The molecule has 2 heterocycles. The van der Waals surface area contributed by atoms with Crippen LogP contribution in [0, 0.1) is 6.92 Å². The zero-order chi connectivity index (χ0) is 27.7. The van der Waals surface area contributed by atoms with E-state index in [0.29, 0.717) is 27.4 Å². The molecule has 0 radical (unpaired) electrons. The molecule has 2 fully saturated rings. The van der Waals surface area contributed by atoms with Crippen molar-refractivity contribution >= 4 is 56.1 Å². The number of halogens is 1. The van der Waals surface area contributed by atoms with Crippen molar-refractivity contribution in [1.82, 2.24) is 5.32 Å². The summed E-state index contributed by atoms with van der Waals surface area (Å²) in [4.78, 5) is 30.7. The van der Waals surface area contributed by atoms with Crippen LogP contribution in [0.15, 0.2) is 47.5 Å². The van der Waals surface area contributed by atoms with E-state index in [-0.39, 0.29) is 29.7 Å². The third kappa shape index (κ3) is 7.21. The minimum absolute atomic E-state index is 0.0130. The van der Waals surface area contributed by atoms with Gasteiger partial charge in [-0.2, -0.15) is 4.99 Å². The zero-order valence-corrected chi connectivity index (χ0v) is 24.0. The summed E-state index contributed by atoms with van der Waals surface area (Å²) in [5.41, 5.74) is 0.891. The van der Waals surface area contributed by atoms with Gasteiger partial charge in [0, 0.05) is 23.2 Å². The molecule has 38 heavy (non-hydrogen) atoms. The molecule has 0 aromatic heterocycles. The fourth-order valence-corrected chi connectivity index (χ4v) is 8.26. The Morgan fingerprint density at radius 1 is 1.18 bits per heavy atom. The quantitative estimate of drug-likeness (QED) is 0.511. The van der Waals surface area contributed by atoms with Crippen molar-refractivity contribution in [3.05, 3.63) is 53.1 Å². The first-order chi connectivity index (χ1) is 17.8. The maximum Gasteiger partial charge on any atom is 0.407 e. The van der Waals surface area contributed by atoms with E-state index in [4.69, 9.17) is 21.1 Å². The minimum atomic E-state index is -3.26. The second-order valence-corrected chi connectivity index (χ2v) is 14.0. The molecular weight excluding hydrogens is 550 g/mol. The molecule has 0 spiro atoms. The van der Waals surface area contributed by atoms with Crippen molar-refractivity contribution in [2.24, 2.45) is 4.99 Å².